The Morgan fingerprint density at radius 2 is 1.94 bits per heavy atom. The SMILES string of the molecule is CCOC(=O)C(=O)c1cc(C)c(C)c(N)c1. The number of rotatable bonds is 3. The lowest BCUT2D eigenvalue weighted by Crippen LogP contribution is -2.18. The number of Topliss-reactive ketones (excluding diaryl/α,β-unsaturated/α-hetero) is 1. The topological polar surface area (TPSA) is 69.4 Å². The number of esters is 1. The van der Waals surface area contributed by atoms with Gasteiger partial charge in [-0.05, 0) is 44.0 Å². The highest BCUT2D eigenvalue weighted by molar-refractivity contribution is 6.40. The maximum Gasteiger partial charge on any atom is 0.379 e. The van der Waals surface area contributed by atoms with Gasteiger partial charge in [-0.25, -0.2) is 4.79 Å². The quantitative estimate of drug-likeness (QED) is 0.364. The van der Waals surface area contributed by atoms with Gasteiger partial charge < -0.3 is 10.5 Å². The Kier molecular flexibility index (Phi) is 3.66. The van der Waals surface area contributed by atoms with Crippen molar-refractivity contribution in [2.75, 3.05) is 12.3 Å². The van der Waals surface area contributed by atoms with Crippen LogP contribution in [-0.2, 0) is 9.53 Å². The molecule has 1 rings (SSSR count). The molecule has 0 saturated heterocycles. The van der Waals surface area contributed by atoms with Gasteiger partial charge in [-0.2, -0.15) is 0 Å². The van der Waals surface area contributed by atoms with E-state index < -0.39 is 11.8 Å². The maximum absolute atomic E-state index is 11.6. The Bertz CT molecular complexity index is 415. The number of nitrogen functional groups attached to an aromatic ring is 1. The lowest BCUT2D eigenvalue weighted by atomic mass is 10.0. The molecular formula is C12H15NO3. The summed E-state index contributed by atoms with van der Waals surface area (Å²) in [5.41, 5.74) is 8.31. The number of anilines is 1. The van der Waals surface area contributed by atoms with Crippen LogP contribution >= 0.6 is 0 Å². The first-order valence-corrected chi connectivity index (χ1v) is 5.05. The number of aryl methyl sites for hydroxylation is 1. The van der Waals surface area contributed by atoms with E-state index in [4.69, 9.17) is 5.73 Å². The van der Waals surface area contributed by atoms with Crippen LogP contribution in [0.3, 0.4) is 0 Å². The molecule has 0 saturated carbocycles. The average molecular weight is 221 g/mol. The van der Waals surface area contributed by atoms with E-state index in [1.54, 1.807) is 13.0 Å². The van der Waals surface area contributed by atoms with Crippen LogP contribution in [0.5, 0.6) is 0 Å². The van der Waals surface area contributed by atoms with Gasteiger partial charge >= 0.3 is 5.97 Å². The van der Waals surface area contributed by atoms with Crippen LogP contribution < -0.4 is 5.73 Å². The standard InChI is InChI=1S/C12H15NO3/c1-4-16-12(15)11(14)9-5-7(2)8(3)10(13)6-9/h5-6H,4,13H2,1-3H3. The summed E-state index contributed by atoms with van der Waals surface area (Å²) < 4.78 is 4.64. The number of benzene rings is 1. The first-order chi connectivity index (χ1) is 7.47. The molecule has 0 bridgehead atoms. The van der Waals surface area contributed by atoms with Crippen LogP contribution in [0.15, 0.2) is 12.1 Å². The number of carbonyl (C=O) groups excluding carboxylic acids is 2. The highest BCUT2D eigenvalue weighted by atomic mass is 16.5. The molecule has 0 fully saturated rings. The Balaban J connectivity index is 3.06. The summed E-state index contributed by atoms with van der Waals surface area (Å²) in [6, 6.07) is 3.15. The zero-order valence-corrected chi connectivity index (χ0v) is 9.66. The second-order valence-corrected chi connectivity index (χ2v) is 3.56. The van der Waals surface area contributed by atoms with Crippen molar-refractivity contribution < 1.29 is 14.3 Å². The Hall–Kier alpha value is -1.84. The molecule has 1 aromatic carbocycles. The van der Waals surface area contributed by atoms with Gasteiger partial charge in [0.15, 0.2) is 0 Å². The van der Waals surface area contributed by atoms with Crippen molar-refractivity contribution in [2.45, 2.75) is 20.8 Å². The molecule has 0 radical (unpaired) electrons. The van der Waals surface area contributed by atoms with Gasteiger partial charge in [-0.15, -0.1) is 0 Å². The van der Waals surface area contributed by atoms with E-state index in [9.17, 15) is 9.59 Å². The van der Waals surface area contributed by atoms with Crippen molar-refractivity contribution in [2.24, 2.45) is 0 Å². The summed E-state index contributed by atoms with van der Waals surface area (Å²) in [4.78, 5) is 22.9. The summed E-state index contributed by atoms with van der Waals surface area (Å²) in [5.74, 6) is -1.50. The summed E-state index contributed by atoms with van der Waals surface area (Å²) in [6.45, 7) is 5.54. The minimum atomic E-state index is -0.842. The molecule has 0 aliphatic rings. The van der Waals surface area contributed by atoms with Crippen LogP contribution in [-0.4, -0.2) is 18.4 Å². The van der Waals surface area contributed by atoms with Crippen LogP contribution in [0, 0.1) is 13.8 Å². The molecule has 16 heavy (non-hydrogen) atoms. The molecule has 86 valence electrons. The van der Waals surface area contributed by atoms with E-state index in [-0.39, 0.29) is 12.2 Å². The molecule has 4 heteroatoms. The molecule has 0 aliphatic heterocycles. The first kappa shape index (κ1) is 12.2. The fraction of sp³-hybridized carbons (Fsp3) is 0.333. The Labute approximate surface area is 94.4 Å². The van der Waals surface area contributed by atoms with E-state index in [1.165, 1.54) is 6.07 Å². The minimum absolute atomic E-state index is 0.185. The van der Waals surface area contributed by atoms with Gasteiger partial charge in [0.25, 0.3) is 5.78 Å². The molecule has 0 aromatic heterocycles. The number of ketones is 1. The molecule has 0 amide bonds. The second kappa shape index (κ2) is 4.79. The van der Waals surface area contributed by atoms with Gasteiger partial charge in [-0.1, -0.05) is 0 Å². The number of nitrogens with two attached hydrogens (primary N) is 1. The normalized spacial score (nSPS) is 9.94. The van der Waals surface area contributed by atoms with Crippen LogP contribution in [0.2, 0.25) is 0 Å². The monoisotopic (exact) mass is 221 g/mol. The van der Waals surface area contributed by atoms with Crippen molar-refractivity contribution >= 4 is 17.4 Å². The van der Waals surface area contributed by atoms with Gasteiger partial charge in [0.05, 0.1) is 6.61 Å². The third-order valence-corrected chi connectivity index (χ3v) is 2.43. The van der Waals surface area contributed by atoms with Gasteiger partial charge in [0.1, 0.15) is 0 Å². The van der Waals surface area contributed by atoms with E-state index in [1.807, 2.05) is 13.8 Å². The fourth-order valence-corrected chi connectivity index (χ4v) is 1.33. The van der Waals surface area contributed by atoms with E-state index in [0.29, 0.717) is 5.69 Å². The molecule has 0 atom stereocenters. The Morgan fingerprint density at radius 3 is 2.44 bits per heavy atom. The molecule has 0 spiro atoms. The largest absolute Gasteiger partial charge is 0.460 e. The zero-order valence-electron chi connectivity index (χ0n) is 9.66. The zero-order chi connectivity index (χ0) is 12.3. The Morgan fingerprint density at radius 1 is 1.31 bits per heavy atom. The highest BCUT2D eigenvalue weighted by Gasteiger charge is 2.18. The lowest BCUT2D eigenvalue weighted by Gasteiger charge is -2.07. The third kappa shape index (κ3) is 2.39. The predicted molar refractivity (Wildman–Crippen MR) is 61.3 cm³/mol. The van der Waals surface area contributed by atoms with Crippen LogP contribution in [0.25, 0.3) is 0 Å². The van der Waals surface area contributed by atoms with Crippen molar-refractivity contribution in [1.29, 1.82) is 0 Å². The van der Waals surface area contributed by atoms with E-state index >= 15 is 0 Å². The molecule has 0 heterocycles. The smallest absolute Gasteiger partial charge is 0.379 e. The molecular weight excluding hydrogens is 206 g/mol. The summed E-state index contributed by atoms with van der Waals surface area (Å²) in [6.07, 6.45) is 0. The highest BCUT2D eigenvalue weighted by Crippen LogP contribution is 2.18. The van der Waals surface area contributed by atoms with Gasteiger partial charge in [-0.3, -0.25) is 4.79 Å². The van der Waals surface area contributed by atoms with Crippen LogP contribution in [0.1, 0.15) is 28.4 Å². The van der Waals surface area contributed by atoms with Gasteiger partial charge in [0.2, 0.25) is 0 Å². The lowest BCUT2D eigenvalue weighted by molar-refractivity contribution is -0.137. The molecule has 0 unspecified atom stereocenters. The summed E-state index contributed by atoms with van der Waals surface area (Å²) in [7, 11) is 0. The maximum atomic E-state index is 11.6. The predicted octanol–water partition coefficient (Wildman–Crippen LogP) is 1.63. The summed E-state index contributed by atoms with van der Waals surface area (Å²) in [5, 5.41) is 0. The summed E-state index contributed by atoms with van der Waals surface area (Å²) >= 11 is 0. The third-order valence-electron chi connectivity index (χ3n) is 2.43. The number of hydrogen-bond acceptors (Lipinski definition) is 4. The molecule has 2 N–H and O–H groups in total. The van der Waals surface area contributed by atoms with Gasteiger partial charge in [0, 0.05) is 11.3 Å². The number of ether oxygens (including phenoxy) is 1. The average Bonchev–Trinajstić information content (AvgIpc) is 2.24. The number of hydrogen-bond donors (Lipinski definition) is 1. The molecule has 1 aromatic rings. The van der Waals surface area contributed by atoms with Crippen molar-refractivity contribution in [3.63, 3.8) is 0 Å². The second-order valence-electron chi connectivity index (χ2n) is 3.56. The van der Waals surface area contributed by atoms with Crippen LogP contribution in [0.4, 0.5) is 5.69 Å². The van der Waals surface area contributed by atoms with Crippen molar-refractivity contribution in [3.8, 4) is 0 Å². The molecule has 0 aliphatic carbocycles. The van der Waals surface area contributed by atoms with E-state index in [2.05, 4.69) is 4.74 Å². The van der Waals surface area contributed by atoms with Crippen molar-refractivity contribution in [1.82, 2.24) is 0 Å². The van der Waals surface area contributed by atoms with E-state index in [0.717, 1.165) is 11.1 Å². The number of carbonyl (C=O) groups is 2. The van der Waals surface area contributed by atoms with Crippen molar-refractivity contribution in [3.05, 3.63) is 28.8 Å². The molecule has 4 nitrogen and oxygen atoms in total. The first-order valence-electron chi connectivity index (χ1n) is 5.05. The fourth-order valence-electron chi connectivity index (χ4n) is 1.33. The minimum Gasteiger partial charge on any atom is -0.460 e.